The zero-order valence-electron chi connectivity index (χ0n) is 8.61. The minimum atomic E-state index is -0.0632. The molecule has 2 aliphatic heterocycles. The molecule has 2 aliphatic rings. The van der Waals surface area contributed by atoms with Crippen molar-refractivity contribution in [3.8, 4) is 0 Å². The Labute approximate surface area is 84.4 Å². The molecular formula is C10H18N2O2. The van der Waals surface area contributed by atoms with Crippen LogP contribution in [0.5, 0.6) is 0 Å². The van der Waals surface area contributed by atoms with Gasteiger partial charge in [0.1, 0.15) is 6.04 Å². The molecular weight excluding hydrogens is 180 g/mol. The van der Waals surface area contributed by atoms with E-state index in [0.29, 0.717) is 12.5 Å². The second-order valence-electron chi connectivity index (χ2n) is 4.40. The van der Waals surface area contributed by atoms with Crippen LogP contribution in [0.1, 0.15) is 19.8 Å². The van der Waals surface area contributed by atoms with Gasteiger partial charge in [-0.3, -0.25) is 9.69 Å². The number of carbonyl (C=O) groups excluding carboxylic acids is 1. The number of nitrogens with zero attached hydrogens (tertiary/aromatic N) is 1. The molecule has 3 atom stereocenters. The number of nitrogens with two attached hydrogens (primary N) is 1. The van der Waals surface area contributed by atoms with Crippen LogP contribution in [0.2, 0.25) is 0 Å². The van der Waals surface area contributed by atoms with E-state index in [1.165, 1.54) is 0 Å². The molecule has 0 radical (unpaired) electrons. The van der Waals surface area contributed by atoms with Crippen molar-refractivity contribution in [3.63, 3.8) is 0 Å². The normalized spacial score (nSPS) is 39.9. The van der Waals surface area contributed by atoms with Gasteiger partial charge in [0.2, 0.25) is 0 Å². The van der Waals surface area contributed by atoms with Gasteiger partial charge in [-0.2, -0.15) is 0 Å². The number of carbonyl (C=O) groups is 1. The Morgan fingerprint density at radius 2 is 2.29 bits per heavy atom. The first-order valence-corrected chi connectivity index (χ1v) is 5.35. The molecule has 2 N–H and O–H groups in total. The van der Waals surface area contributed by atoms with E-state index in [9.17, 15) is 4.79 Å². The van der Waals surface area contributed by atoms with Crippen molar-refractivity contribution in [1.82, 2.24) is 4.90 Å². The maximum atomic E-state index is 11.4. The van der Waals surface area contributed by atoms with E-state index < -0.39 is 0 Å². The summed E-state index contributed by atoms with van der Waals surface area (Å²) in [5.41, 5.74) is 5.99. The van der Waals surface area contributed by atoms with E-state index in [-0.39, 0.29) is 18.1 Å². The lowest BCUT2D eigenvalue weighted by Crippen LogP contribution is -2.52. The van der Waals surface area contributed by atoms with Crippen molar-refractivity contribution in [2.75, 3.05) is 19.7 Å². The van der Waals surface area contributed by atoms with E-state index in [1.54, 1.807) is 0 Å². The Hall–Kier alpha value is -0.610. The van der Waals surface area contributed by atoms with Crippen molar-refractivity contribution in [1.29, 1.82) is 0 Å². The SMILES string of the molecule is CC1CCN(C2CCOC2=O)CC1N. The van der Waals surface area contributed by atoms with Crippen LogP contribution in [-0.2, 0) is 9.53 Å². The molecule has 0 bridgehead atoms. The molecule has 0 aromatic carbocycles. The molecule has 2 saturated heterocycles. The summed E-state index contributed by atoms with van der Waals surface area (Å²) in [5, 5.41) is 0. The highest BCUT2D eigenvalue weighted by atomic mass is 16.5. The minimum Gasteiger partial charge on any atom is -0.464 e. The van der Waals surface area contributed by atoms with E-state index in [1.807, 2.05) is 0 Å². The molecule has 0 spiro atoms. The molecule has 0 aromatic rings. The van der Waals surface area contributed by atoms with Crippen LogP contribution in [0.4, 0.5) is 0 Å². The zero-order chi connectivity index (χ0) is 10.1. The van der Waals surface area contributed by atoms with Crippen molar-refractivity contribution in [2.45, 2.75) is 31.8 Å². The highest BCUT2D eigenvalue weighted by Crippen LogP contribution is 2.21. The number of hydrogen-bond donors (Lipinski definition) is 1. The Balaban J connectivity index is 1.95. The van der Waals surface area contributed by atoms with Gasteiger partial charge in [-0.15, -0.1) is 0 Å². The topological polar surface area (TPSA) is 55.6 Å². The van der Waals surface area contributed by atoms with Crippen molar-refractivity contribution in [3.05, 3.63) is 0 Å². The number of ether oxygens (including phenoxy) is 1. The molecule has 4 heteroatoms. The first kappa shape index (κ1) is 9.93. The van der Waals surface area contributed by atoms with Gasteiger partial charge >= 0.3 is 5.97 Å². The second kappa shape index (κ2) is 3.87. The number of likely N-dealkylation sites (tertiary alicyclic amines) is 1. The van der Waals surface area contributed by atoms with Gasteiger partial charge in [-0.05, 0) is 18.9 Å². The second-order valence-corrected chi connectivity index (χ2v) is 4.40. The van der Waals surface area contributed by atoms with Crippen molar-refractivity contribution >= 4 is 5.97 Å². The monoisotopic (exact) mass is 198 g/mol. The minimum absolute atomic E-state index is 0.0199. The third-order valence-corrected chi connectivity index (χ3v) is 3.40. The zero-order valence-corrected chi connectivity index (χ0v) is 8.61. The Kier molecular flexibility index (Phi) is 2.74. The third kappa shape index (κ3) is 1.77. The summed E-state index contributed by atoms with van der Waals surface area (Å²) < 4.78 is 4.96. The Morgan fingerprint density at radius 1 is 1.50 bits per heavy atom. The molecule has 3 unspecified atom stereocenters. The van der Waals surface area contributed by atoms with Crippen LogP contribution in [0.15, 0.2) is 0 Å². The van der Waals surface area contributed by atoms with Gasteiger partial charge in [0, 0.05) is 19.0 Å². The maximum absolute atomic E-state index is 11.4. The van der Waals surface area contributed by atoms with Crippen molar-refractivity contribution < 1.29 is 9.53 Å². The van der Waals surface area contributed by atoms with Crippen LogP contribution >= 0.6 is 0 Å². The van der Waals surface area contributed by atoms with Crippen LogP contribution in [-0.4, -0.2) is 42.6 Å². The summed E-state index contributed by atoms with van der Waals surface area (Å²) in [5.74, 6) is 0.510. The van der Waals surface area contributed by atoms with Gasteiger partial charge in [0.05, 0.1) is 6.61 Å². The molecule has 0 aliphatic carbocycles. The van der Waals surface area contributed by atoms with E-state index in [0.717, 1.165) is 25.9 Å². The van der Waals surface area contributed by atoms with Crippen LogP contribution in [0.25, 0.3) is 0 Å². The molecule has 0 aromatic heterocycles. The average molecular weight is 198 g/mol. The van der Waals surface area contributed by atoms with E-state index >= 15 is 0 Å². The van der Waals surface area contributed by atoms with Gasteiger partial charge in [0.15, 0.2) is 0 Å². The molecule has 2 heterocycles. The number of cyclic esters (lactones) is 1. The van der Waals surface area contributed by atoms with Gasteiger partial charge in [-0.25, -0.2) is 0 Å². The lowest BCUT2D eigenvalue weighted by atomic mass is 9.93. The van der Waals surface area contributed by atoms with Gasteiger partial charge in [0.25, 0.3) is 0 Å². The quantitative estimate of drug-likeness (QED) is 0.601. The van der Waals surface area contributed by atoms with E-state index in [4.69, 9.17) is 10.5 Å². The number of esters is 1. The summed E-state index contributed by atoms with van der Waals surface area (Å²) in [6.45, 7) is 4.56. The lowest BCUT2D eigenvalue weighted by Gasteiger charge is -2.36. The summed E-state index contributed by atoms with van der Waals surface area (Å²) in [4.78, 5) is 13.5. The maximum Gasteiger partial charge on any atom is 0.323 e. The summed E-state index contributed by atoms with van der Waals surface area (Å²) >= 11 is 0. The van der Waals surface area contributed by atoms with Crippen molar-refractivity contribution in [2.24, 2.45) is 11.7 Å². The summed E-state index contributed by atoms with van der Waals surface area (Å²) in [6, 6.07) is 0.186. The third-order valence-electron chi connectivity index (χ3n) is 3.40. The standard InChI is InChI=1S/C10H18N2O2/c1-7-2-4-12(6-8(7)11)9-3-5-14-10(9)13/h7-9H,2-6,11H2,1H3. The number of rotatable bonds is 1. The Bertz CT molecular complexity index is 232. The predicted octanol–water partition coefficient (Wildman–Crippen LogP) is -0.0290. The van der Waals surface area contributed by atoms with Crippen LogP contribution in [0, 0.1) is 5.92 Å². The molecule has 2 fully saturated rings. The smallest absolute Gasteiger partial charge is 0.323 e. The highest BCUT2D eigenvalue weighted by Gasteiger charge is 2.35. The van der Waals surface area contributed by atoms with Crippen LogP contribution in [0.3, 0.4) is 0 Å². The van der Waals surface area contributed by atoms with Crippen LogP contribution < -0.4 is 5.73 Å². The fourth-order valence-electron chi connectivity index (χ4n) is 2.23. The van der Waals surface area contributed by atoms with E-state index in [2.05, 4.69) is 11.8 Å². The Morgan fingerprint density at radius 3 is 2.86 bits per heavy atom. The molecule has 4 nitrogen and oxygen atoms in total. The first-order valence-electron chi connectivity index (χ1n) is 5.35. The predicted molar refractivity (Wildman–Crippen MR) is 52.7 cm³/mol. The lowest BCUT2D eigenvalue weighted by molar-refractivity contribution is -0.142. The molecule has 80 valence electrons. The first-order chi connectivity index (χ1) is 6.68. The highest BCUT2D eigenvalue weighted by molar-refractivity contribution is 5.77. The summed E-state index contributed by atoms with van der Waals surface area (Å²) in [6.07, 6.45) is 1.92. The fraction of sp³-hybridized carbons (Fsp3) is 0.900. The largest absolute Gasteiger partial charge is 0.464 e. The fourth-order valence-corrected chi connectivity index (χ4v) is 2.23. The summed E-state index contributed by atoms with van der Waals surface area (Å²) in [7, 11) is 0. The van der Waals surface area contributed by atoms with Gasteiger partial charge < -0.3 is 10.5 Å². The average Bonchev–Trinajstić information content (AvgIpc) is 2.57. The molecule has 14 heavy (non-hydrogen) atoms. The number of piperidine rings is 1. The molecule has 0 amide bonds. The molecule has 2 rings (SSSR count). The number of hydrogen-bond acceptors (Lipinski definition) is 4. The van der Waals surface area contributed by atoms with Gasteiger partial charge in [-0.1, -0.05) is 6.92 Å². The molecule has 0 saturated carbocycles.